The van der Waals surface area contributed by atoms with Gasteiger partial charge < -0.3 is 0 Å². The lowest BCUT2D eigenvalue weighted by Crippen LogP contribution is -1.91. The van der Waals surface area contributed by atoms with Gasteiger partial charge >= 0.3 is 0 Å². The minimum Gasteiger partial charge on any atom is -0.249 e. The Labute approximate surface area is 117 Å². The van der Waals surface area contributed by atoms with Gasteiger partial charge in [0.1, 0.15) is 11.6 Å². The van der Waals surface area contributed by atoms with Gasteiger partial charge in [-0.15, -0.1) is 11.3 Å². The Hall–Kier alpha value is -0.810. The van der Waals surface area contributed by atoms with E-state index in [1.807, 2.05) is 0 Å². The highest BCUT2D eigenvalue weighted by atomic mass is 79.9. The van der Waals surface area contributed by atoms with Crippen LogP contribution in [0.25, 0.3) is 10.4 Å². The van der Waals surface area contributed by atoms with E-state index in [1.54, 1.807) is 6.20 Å². The van der Waals surface area contributed by atoms with Crippen molar-refractivity contribution >= 4 is 27.3 Å². The highest BCUT2D eigenvalue weighted by molar-refractivity contribution is 9.10. The van der Waals surface area contributed by atoms with Gasteiger partial charge in [-0.2, -0.15) is 0 Å². The van der Waals surface area contributed by atoms with Crippen LogP contribution in [0.15, 0.2) is 22.8 Å². The van der Waals surface area contributed by atoms with Gasteiger partial charge in [-0.1, -0.05) is 13.8 Å². The van der Waals surface area contributed by atoms with Crippen LogP contribution in [-0.2, 0) is 6.42 Å². The normalized spacial score (nSPS) is 11.2. The van der Waals surface area contributed by atoms with E-state index in [0.717, 1.165) is 17.5 Å². The SMILES string of the molecule is CC(C)Cc1ncc(-c2cc(F)c(Br)cc2F)s1. The van der Waals surface area contributed by atoms with Gasteiger partial charge in [0.2, 0.25) is 0 Å². The number of hydrogen-bond acceptors (Lipinski definition) is 2. The van der Waals surface area contributed by atoms with Crippen molar-refractivity contribution in [1.29, 1.82) is 0 Å². The Bertz CT molecular complexity index is 566. The van der Waals surface area contributed by atoms with Crippen molar-refractivity contribution in [1.82, 2.24) is 4.98 Å². The standard InChI is InChI=1S/C13H12BrF2NS/c1-7(2)3-13-17-6-12(18-13)8-4-11(16)9(14)5-10(8)15/h4-7H,3H2,1-2H3. The molecule has 1 aromatic heterocycles. The molecule has 2 rings (SSSR count). The van der Waals surface area contributed by atoms with Crippen LogP contribution in [0.3, 0.4) is 0 Å². The predicted molar refractivity (Wildman–Crippen MR) is 73.7 cm³/mol. The molecule has 0 saturated carbocycles. The Kier molecular flexibility index (Phi) is 4.12. The molecule has 0 fully saturated rings. The van der Waals surface area contributed by atoms with Crippen molar-refractivity contribution in [3.8, 4) is 10.4 Å². The monoisotopic (exact) mass is 331 g/mol. The van der Waals surface area contributed by atoms with Crippen molar-refractivity contribution in [3.05, 3.63) is 39.4 Å². The van der Waals surface area contributed by atoms with Crippen LogP contribution in [-0.4, -0.2) is 4.98 Å². The molecule has 0 bridgehead atoms. The first-order valence-corrected chi connectivity index (χ1v) is 7.18. The average molecular weight is 332 g/mol. The molecule has 0 spiro atoms. The molecule has 0 unspecified atom stereocenters. The summed E-state index contributed by atoms with van der Waals surface area (Å²) in [6, 6.07) is 2.35. The average Bonchev–Trinajstić information content (AvgIpc) is 2.70. The van der Waals surface area contributed by atoms with Gasteiger partial charge in [0.15, 0.2) is 0 Å². The predicted octanol–water partition coefficient (Wildman–Crippen LogP) is 5.05. The molecule has 0 saturated heterocycles. The zero-order valence-corrected chi connectivity index (χ0v) is 12.4. The molecule has 0 atom stereocenters. The van der Waals surface area contributed by atoms with Crippen LogP contribution in [0.4, 0.5) is 8.78 Å². The highest BCUT2D eigenvalue weighted by Gasteiger charge is 2.13. The third kappa shape index (κ3) is 2.95. The molecular formula is C13H12BrF2NS. The van der Waals surface area contributed by atoms with Crippen LogP contribution in [0.2, 0.25) is 0 Å². The first-order valence-electron chi connectivity index (χ1n) is 5.57. The second kappa shape index (κ2) is 5.45. The quantitative estimate of drug-likeness (QED) is 0.717. The van der Waals surface area contributed by atoms with E-state index in [1.165, 1.54) is 17.4 Å². The van der Waals surface area contributed by atoms with Gasteiger partial charge in [0.05, 0.1) is 14.4 Å². The fourth-order valence-electron chi connectivity index (χ4n) is 1.59. The summed E-state index contributed by atoms with van der Waals surface area (Å²) in [6.45, 7) is 4.20. The Balaban J connectivity index is 2.37. The van der Waals surface area contributed by atoms with Gasteiger partial charge in [-0.05, 0) is 34.0 Å². The van der Waals surface area contributed by atoms with Crippen molar-refractivity contribution in [3.63, 3.8) is 0 Å². The lowest BCUT2D eigenvalue weighted by Gasteiger charge is -2.02. The first-order chi connectivity index (χ1) is 8.47. The van der Waals surface area contributed by atoms with Gasteiger partial charge in [0, 0.05) is 18.2 Å². The smallest absolute Gasteiger partial charge is 0.138 e. The van der Waals surface area contributed by atoms with Crippen molar-refractivity contribution < 1.29 is 8.78 Å². The van der Waals surface area contributed by atoms with Gasteiger partial charge in [0.25, 0.3) is 0 Å². The number of thiazole rings is 1. The Morgan fingerprint density at radius 3 is 2.67 bits per heavy atom. The van der Waals surface area contributed by atoms with E-state index >= 15 is 0 Å². The fraction of sp³-hybridized carbons (Fsp3) is 0.308. The van der Waals surface area contributed by atoms with Gasteiger partial charge in [-0.25, -0.2) is 13.8 Å². The third-order valence-electron chi connectivity index (χ3n) is 2.41. The molecule has 1 heterocycles. The van der Waals surface area contributed by atoms with Crippen molar-refractivity contribution in [2.24, 2.45) is 5.92 Å². The summed E-state index contributed by atoms with van der Waals surface area (Å²) in [4.78, 5) is 4.91. The second-order valence-corrected chi connectivity index (χ2v) is 6.43. The molecule has 0 N–H and O–H groups in total. The summed E-state index contributed by atoms with van der Waals surface area (Å²) in [7, 11) is 0. The number of rotatable bonds is 3. The van der Waals surface area contributed by atoms with Crippen molar-refractivity contribution in [2.45, 2.75) is 20.3 Å². The number of benzene rings is 1. The highest BCUT2D eigenvalue weighted by Crippen LogP contribution is 2.32. The van der Waals surface area contributed by atoms with E-state index < -0.39 is 11.6 Å². The summed E-state index contributed by atoms with van der Waals surface area (Å²) < 4.78 is 27.3. The second-order valence-electron chi connectivity index (χ2n) is 4.46. The summed E-state index contributed by atoms with van der Waals surface area (Å²) >= 11 is 4.37. The molecule has 1 nitrogen and oxygen atoms in total. The summed E-state index contributed by atoms with van der Waals surface area (Å²) in [5.41, 5.74) is 0.267. The molecule has 1 aromatic carbocycles. The van der Waals surface area contributed by atoms with Crippen LogP contribution in [0.1, 0.15) is 18.9 Å². The molecule has 0 radical (unpaired) electrons. The minimum atomic E-state index is -0.467. The van der Waals surface area contributed by atoms with Crippen LogP contribution in [0, 0.1) is 17.6 Å². The van der Waals surface area contributed by atoms with E-state index in [-0.39, 0.29) is 10.0 Å². The lowest BCUT2D eigenvalue weighted by atomic mass is 10.1. The molecule has 0 aliphatic heterocycles. The minimum absolute atomic E-state index is 0.135. The number of hydrogen-bond donors (Lipinski definition) is 0. The largest absolute Gasteiger partial charge is 0.249 e. The summed E-state index contributed by atoms with van der Waals surface area (Å²) in [6.07, 6.45) is 2.46. The Morgan fingerprint density at radius 2 is 2.00 bits per heavy atom. The van der Waals surface area contributed by atoms with E-state index in [9.17, 15) is 8.78 Å². The maximum Gasteiger partial charge on any atom is 0.138 e. The summed E-state index contributed by atoms with van der Waals surface area (Å²) in [5.74, 6) is -0.413. The maximum absolute atomic E-state index is 13.8. The molecular weight excluding hydrogens is 320 g/mol. The van der Waals surface area contributed by atoms with Gasteiger partial charge in [-0.3, -0.25) is 0 Å². The van der Waals surface area contributed by atoms with Crippen LogP contribution >= 0.6 is 27.3 Å². The molecule has 0 amide bonds. The summed E-state index contributed by atoms with van der Waals surface area (Å²) in [5, 5.41) is 0.947. The zero-order valence-electron chi connectivity index (χ0n) is 10.0. The molecule has 18 heavy (non-hydrogen) atoms. The van der Waals surface area contributed by atoms with Crippen LogP contribution in [0.5, 0.6) is 0 Å². The van der Waals surface area contributed by atoms with Crippen molar-refractivity contribution in [2.75, 3.05) is 0 Å². The molecule has 2 aromatic rings. The number of aromatic nitrogens is 1. The third-order valence-corrected chi connectivity index (χ3v) is 4.07. The van der Waals surface area contributed by atoms with E-state index in [2.05, 4.69) is 34.8 Å². The lowest BCUT2D eigenvalue weighted by molar-refractivity contribution is 0.597. The number of halogens is 3. The molecule has 0 aliphatic rings. The zero-order chi connectivity index (χ0) is 13.3. The molecule has 0 aliphatic carbocycles. The number of nitrogens with zero attached hydrogens (tertiary/aromatic N) is 1. The fourth-order valence-corrected chi connectivity index (χ4v) is 3.05. The van der Waals surface area contributed by atoms with E-state index in [4.69, 9.17) is 0 Å². The molecule has 5 heteroatoms. The topological polar surface area (TPSA) is 12.9 Å². The molecule has 96 valence electrons. The first kappa shape index (κ1) is 13.6. The van der Waals surface area contributed by atoms with Crippen LogP contribution < -0.4 is 0 Å². The maximum atomic E-state index is 13.8. The van der Waals surface area contributed by atoms with E-state index in [0.29, 0.717) is 10.8 Å². The Morgan fingerprint density at radius 1 is 1.28 bits per heavy atom.